The van der Waals surface area contributed by atoms with Gasteiger partial charge in [-0.05, 0) is 18.6 Å². The van der Waals surface area contributed by atoms with E-state index in [4.69, 9.17) is 5.11 Å². The lowest BCUT2D eigenvalue weighted by Gasteiger charge is -2.04. The maximum absolute atomic E-state index is 11.9. The van der Waals surface area contributed by atoms with Crippen LogP contribution in [0.1, 0.15) is 42.2 Å². The topological polar surface area (TPSA) is 62.2 Å². The summed E-state index contributed by atoms with van der Waals surface area (Å²) in [6.07, 6.45) is 3.95. The van der Waals surface area contributed by atoms with Crippen LogP contribution in [0, 0.1) is 11.8 Å². The van der Waals surface area contributed by atoms with Crippen LogP contribution in [-0.2, 0) is 0 Å². The fourth-order valence-corrected chi connectivity index (χ4v) is 1.36. The maximum Gasteiger partial charge on any atom is 0.271 e. The Bertz CT molecular complexity index is 447. The Morgan fingerprint density at radius 2 is 2.39 bits per heavy atom. The molecule has 1 rings (SSSR count). The van der Waals surface area contributed by atoms with E-state index in [0.29, 0.717) is 24.2 Å². The standard InChI is InChI=1S/C14H18N2O2/c1-2-3-9-16-14(18)13-12(7-4-5-11-17)8-6-10-15-13/h6,8,10,17H,2-3,5,9,11H2,1H3,(H,16,18). The Kier molecular flexibility index (Phi) is 6.52. The van der Waals surface area contributed by atoms with Crippen molar-refractivity contribution in [1.29, 1.82) is 0 Å². The Hall–Kier alpha value is -1.86. The molecule has 0 radical (unpaired) electrons. The van der Waals surface area contributed by atoms with Crippen molar-refractivity contribution in [2.45, 2.75) is 26.2 Å². The molecule has 0 bridgehead atoms. The Labute approximate surface area is 107 Å². The summed E-state index contributed by atoms with van der Waals surface area (Å²) in [6.45, 7) is 2.74. The molecule has 1 aromatic rings. The van der Waals surface area contributed by atoms with Crippen molar-refractivity contribution >= 4 is 5.91 Å². The van der Waals surface area contributed by atoms with Gasteiger partial charge < -0.3 is 10.4 Å². The van der Waals surface area contributed by atoms with Gasteiger partial charge >= 0.3 is 0 Å². The number of carbonyl (C=O) groups is 1. The molecule has 0 atom stereocenters. The number of hydrogen-bond donors (Lipinski definition) is 2. The summed E-state index contributed by atoms with van der Waals surface area (Å²) >= 11 is 0. The molecule has 4 heteroatoms. The molecule has 0 saturated heterocycles. The molecule has 0 aliphatic carbocycles. The minimum Gasteiger partial charge on any atom is -0.395 e. The van der Waals surface area contributed by atoms with Gasteiger partial charge in [-0.1, -0.05) is 25.2 Å². The number of nitrogens with zero attached hydrogens (tertiary/aromatic N) is 1. The summed E-state index contributed by atoms with van der Waals surface area (Å²) in [4.78, 5) is 15.9. The van der Waals surface area contributed by atoms with E-state index in [1.807, 2.05) is 0 Å². The summed E-state index contributed by atoms with van der Waals surface area (Å²) in [5.41, 5.74) is 0.944. The van der Waals surface area contributed by atoms with Crippen molar-refractivity contribution < 1.29 is 9.90 Å². The van der Waals surface area contributed by atoms with Crippen LogP contribution >= 0.6 is 0 Å². The van der Waals surface area contributed by atoms with Crippen LogP contribution in [0.3, 0.4) is 0 Å². The second kappa shape index (κ2) is 8.26. The van der Waals surface area contributed by atoms with E-state index in [1.54, 1.807) is 18.3 Å². The molecule has 4 nitrogen and oxygen atoms in total. The number of hydrogen-bond acceptors (Lipinski definition) is 3. The van der Waals surface area contributed by atoms with Crippen LogP contribution < -0.4 is 5.32 Å². The third-order valence-electron chi connectivity index (χ3n) is 2.30. The van der Waals surface area contributed by atoms with Gasteiger partial charge in [0.05, 0.1) is 12.2 Å². The minimum atomic E-state index is -0.197. The zero-order chi connectivity index (χ0) is 13.2. The number of nitrogens with one attached hydrogen (secondary N) is 1. The lowest BCUT2D eigenvalue weighted by atomic mass is 10.2. The van der Waals surface area contributed by atoms with E-state index in [-0.39, 0.29) is 12.5 Å². The van der Waals surface area contributed by atoms with Crippen LogP contribution in [-0.4, -0.2) is 29.1 Å². The summed E-state index contributed by atoms with van der Waals surface area (Å²) in [6, 6.07) is 3.50. The van der Waals surface area contributed by atoms with E-state index in [1.165, 1.54) is 0 Å². The van der Waals surface area contributed by atoms with Gasteiger partial charge in [0.1, 0.15) is 5.69 Å². The molecule has 0 spiro atoms. The molecule has 1 amide bonds. The fourth-order valence-electron chi connectivity index (χ4n) is 1.36. The van der Waals surface area contributed by atoms with Crippen LogP contribution in [0.5, 0.6) is 0 Å². The predicted molar refractivity (Wildman–Crippen MR) is 70.1 cm³/mol. The summed E-state index contributed by atoms with van der Waals surface area (Å²) in [5, 5.41) is 11.5. The SMILES string of the molecule is CCCCNC(=O)c1ncccc1C#CCCO. The first-order valence-corrected chi connectivity index (χ1v) is 6.12. The highest BCUT2D eigenvalue weighted by Crippen LogP contribution is 2.03. The van der Waals surface area contributed by atoms with Gasteiger partial charge in [-0.2, -0.15) is 0 Å². The largest absolute Gasteiger partial charge is 0.395 e. The van der Waals surface area contributed by atoms with Crippen molar-refractivity contribution in [3.05, 3.63) is 29.6 Å². The van der Waals surface area contributed by atoms with Gasteiger partial charge in [-0.15, -0.1) is 0 Å². The first-order chi connectivity index (χ1) is 8.79. The molecule has 0 aliphatic heterocycles. The average Bonchev–Trinajstić information content (AvgIpc) is 2.40. The molecule has 0 fully saturated rings. The normalized spacial score (nSPS) is 9.44. The molecule has 2 N–H and O–H groups in total. The number of aromatic nitrogens is 1. The quantitative estimate of drug-likeness (QED) is 0.609. The molecule has 0 unspecified atom stereocenters. The zero-order valence-electron chi connectivity index (χ0n) is 10.6. The van der Waals surface area contributed by atoms with Crippen molar-refractivity contribution in [2.24, 2.45) is 0 Å². The second-order valence-corrected chi connectivity index (χ2v) is 3.78. The first-order valence-electron chi connectivity index (χ1n) is 6.12. The van der Waals surface area contributed by atoms with Crippen molar-refractivity contribution in [3.63, 3.8) is 0 Å². The Morgan fingerprint density at radius 3 is 3.11 bits per heavy atom. The van der Waals surface area contributed by atoms with Gasteiger partial charge in [0, 0.05) is 19.2 Å². The minimum absolute atomic E-state index is 0.0191. The van der Waals surface area contributed by atoms with Crippen molar-refractivity contribution in [3.8, 4) is 11.8 Å². The van der Waals surface area contributed by atoms with E-state index >= 15 is 0 Å². The second-order valence-electron chi connectivity index (χ2n) is 3.78. The van der Waals surface area contributed by atoms with Crippen molar-refractivity contribution in [1.82, 2.24) is 10.3 Å². The first kappa shape index (κ1) is 14.2. The molecule has 0 saturated carbocycles. The van der Waals surface area contributed by atoms with Gasteiger partial charge in [-0.25, -0.2) is 4.98 Å². The highest BCUT2D eigenvalue weighted by atomic mass is 16.2. The number of amides is 1. The zero-order valence-corrected chi connectivity index (χ0v) is 10.6. The van der Waals surface area contributed by atoms with Crippen LogP contribution in [0.25, 0.3) is 0 Å². The monoisotopic (exact) mass is 246 g/mol. The number of aliphatic hydroxyl groups excluding tert-OH is 1. The highest BCUT2D eigenvalue weighted by Gasteiger charge is 2.10. The summed E-state index contributed by atoms with van der Waals surface area (Å²) in [7, 11) is 0. The van der Waals surface area contributed by atoms with Crippen LogP contribution in [0.2, 0.25) is 0 Å². The number of unbranched alkanes of at least 4 members (excludes halogenated alkanes) is 1. The lowest BCUT2D eigenvalue weighted by Crippen LogP contribution is -2.26. The third-order valence-corrected chi connectivity index (χ3v) is 2.30. The molecular formula is C14H18N2O2. The van der Waals surface area contributed by atoms with E-state index in [9.17, 15) is 4.79 Å². The molecule has 1 aromatic heterocycles. The lowest BCUT2D eigenvalue weighted by molar-refractivity contribution is 0.0948. The number of carbonyl (C=O) groups excluding carboxylic acids is 1. The van der Waals surface area contributed by atoms with E-state index < -0.39 is 0 Å². The molecule has 96 valence electrons. The fraction of sp³-hybridized carbons (Fsp3) is 0.429. The van der Waals surface area contributed by atoms with Crippen LogP contribution in [0.4, 0.5) is 0 Å². The highest BCUT2D eigenvalue weighted by molar-refractivity contribution is 5.94. The number of aliphatic hydroxyl groups is 1. The van der Waals surface area contributed by atoms with Crippen molar-refractivity contribution in [2.75, 3.05) is 13.2 Å². The van der Waals surface area contributed by atoms with Gasteiger partial charge in [0.15, 0.2) is 0 Å². The molecule has 1 heterocycles. The van der Waals surface area contributed by atoms with Gasteiger partial charge in [0.25, 0.3) is 5.91 Å². The molecule has 0 aliphatic rings. The van der Waals surface area contributed by atoms with Gasteiger partial charge in [-0.3, -0.25) is 4.79 Å². The number of rotatable bonds is 5. The molecular weight excluding hydrogens is 228 g/mol. The Morgan fingerprint density at radius 1 is 1.56 bits per heavy atom. The third kappa shape index (κ3) is 4.56. The Balaban J connectivity index is 2.75. The summed E-state index contributed by atoms with van der Waals surface area (Å²) in [5.74, 6) is 5.45. The maximum atomic E-state index is 11.9. The smallest absolute Gasteiger partial charge is 0.271 e. The summed E-state index contributed by atoms with van der Waals surface area (Å²) < 4.78 is 0. The van der Waals surface area contributed by atoms with Crippen LogP contribution in [0.15, 0.2) is 18.3 Å². The molecule has 0 aromatic carbocycles. The van der Waals surface area contributed by atoms with E-state index in [2.05, 4.69) is 29.1 Å². The average molecular weight is 246 g/mol. The molecule has 18 heavy (non-hydrogen) atoms. The van der Waals surface area contributed by atoms with Gasteiger partial charge in [0.2, 0.25) is 0 Å². The predicted octanol–water partition coefficient (Wildman–Crippen LogP) is 1.35. The number of pyridine rings is 1. The van der Waals surface area contributed by atoms with E-state index in [0.717, 1.165) is 12.8 Å².